The minimum atomic E-state index is -0.913. The molecule has 0 spiro atoms. The number of rotatable bonds is 6. The van der Waals surface area contributed by atoms with Crippen LogP contribution in [-0.4, -0.2) is 23.7 Å². The molecular weight excluding hydrogens is 221 g/mol. The van der Waals surface area contributed by atoms with Gasteiger partial charge in [0, 0.05) is 6.54 Å². The first kappa shape index (κ1) is 13.5. The molecule has 0 aliphatic rings. The van der Waals surface area contributed by atoms with Crippen LogP contribution in [0.15, 0.2) is 24.3 Å². The molecule has 0 aliphatic carbocycles. The molecule has 1 N–H and O–H groups in total. The summed E-state index contributed by atoms with van der Waals surface area (Å²) in [6.45, 7) is 4.27. The van der Waals surface area contributed by atoms with Crippen LogP contribution in [0.1, 0.15) is 26.7 Å². The second-order valence-corrected chi connectivity index (χ2v) is 3.91. The third kappa shape index (κ3) is 3.19. The molecule has 0 amide bonds. The lowest BCUT2D eigenvalue weighted by Crippen LogP contribution is -2.41. The average Bonchev–Trinajstić information content (AvgIpc) is 2.29. The third-order valence-electron chi connectivity index (χ3n) is 2.67. The summed E-state index contributed by atoms with van der Waals surface area (Å²) in [6, 6.07) is 5.62. The second kappa shape index (κ2) is 6.23. The van der Waals surface area contributed by atoms with Crippen LogP contribution in [0, 0.1) is 5.82 Å². The maximum absolute atomic E-state index is 13.7. The number of hydrogen-bond acceptors (Lipinski definition) is 2. The Morgan fingerprint density at radius 2 is 2.06 bits per heavy atom. The largest absolute Gasteiger partial charge is 0.480 e. The van der Waals surface area contributed by atoms with E-state index in [-0.39, 0.29) is 5.82 Å². The minimum Gasteiger partial charge on any atom is -0.480 e. The standard InChI is InChI=1S/C13H18FNO2/c1-3-9-15(11(4-2)13(16)17)12-8-6-5-7-10(12)14/h5-8,11H,3-4,9H2,1-2H3,(H,16,17). The predicted molar refractivity (Wildman–Crippen MR) is 65.8 cm³/mol. The summed E-state index contributed by atoms with van der Waals surface area (Å²) < 4.78 is 13.7. The third-order valence-corrected chi connectivity index (χ3v) is 2.67. The fraction of sp³-hybridized carbons (Fsp3) is 0.462. The number of carboxylic acid groups (broad SMARTS) is 1. The molecule has 1 rings (SSSR count). The van der Waals surface area contributed by atoms with Crippen molar-refractivity contribution in [3.05, 3.63) is 30.1 Å². The molecule has 1 aromatic carbocycles. The first-order chi connectivity index (χ1) is 8.11. The van der Waals surface area contributed by atoms with E-state index in [0.29, 0.717) is 18.7 Å². The summed E-state index contributed by atoms with van der Waals surface area (Å²) in [7, 11) is 0. The van der Waals surface area contributed by atoms with Gasteiger partial charge in [0.1, 0.15) is 11.9 Å². The van der Waals surface area contributed by atoms with Gasteiger partial charge in [-0.15, -0.1) is 0 Å². The molecule has 1 aromatic rings. The fourth-order valence-electron chi connectivity index (χ4n) is 1.90. The van der Waals surface area contributed by atoms with Crippen LogP contribution in [0.2, 0.25) is 0 Å². The highest BCUT2D eigenvalue weighted by molar-refractivity contribution is 5.78. The van der Waals surface area contributed by atoms with Crippen LogP contribution in [0.3, 0.4) is 0 Å². The number of halogens is 1. The lowest BCUT2D eigenvalue weighted by molar-refractivity contribution is -0.138. The van der Waals surface area contributed by atoms with Gasteiger partial charge in [-0.25, -0.2) is 9.18 Å². The van der Waals surface area contributed by atoms with Crippen molar-refractivity contribution in [1.82, 2.24) is 0 Å². The summed E-state index contributed by atoms with van der Waals surface area (Å²) in [6.07, 6.45) is 1.22. The Bertz CT molecular complexity index is 381. The molecule has 0 radical (unpaired) electrons. The van der Waals surface area contributed by atoms with E-state index in [1.54, 1.807) is 30.0 Å². The fourth-order valence-corrected chi connectivity index (χ4v) is 1.90. The smallest absolute Gasteiger partial charge is 0.326 e. The topological polar surface area (TPSA) is 40.5 Å². The molecule has 94 valence electrons. The van der Waals surface area contributed by atoms with Gasteiger partial charge in [0.25, 0.3) is 0 Å². The zero-order chi connectivity index (χ0) is 12.8. The molecule has 3 nitrogen and oxygen atoms in total. The van der Waals surface area contributed by atoms with Crippen molar-refractivity contribution in [3.63, 3.8) is 0 Å². The van der Waals surface area contributed by atoms with Crippen LogP contribution < -0.4 is 4.90 Å². The van der Waals surface area contributed by atoms with Crippen molar-refractivity contribution in [2.45, 2.75) is 32.7 Å². The quantitative estimate of drug-likeness (QED) is 0.829. The number of carbonyl (C=O) groups is 1. The maximum atomic E-state index is 13.7. The first-order valence-corrected chi connectivity index (χ1v) is 5.85. The van der Waals surface area contributed by atoms with E-state index < -0.39 is 12.0 Å². The molecule has 0 aromatic heterocycles. The Kier molecular flexibility index (Phi) is 4.94. The summed E-state index contributed by atoms with van der Waals surface area (Å²) in [5.41, 5.74) is 0.364. The van der Waals surface area contributed by atoms with E-state index in [0.717, 1.165) is 6.42 Å². The van der Waals surface area contributed by atoms with E-state index in [1.165, 1.54) is 6.07 Å². The van der Waals surface area contributed by atoms with Crippen molar-refractivity contribution in [2.75, 3.05) is 11.4 Å². The summed E-state index contributed by atoms with van der Waals surface area (Å²) >= 11 is 0. The van der Waals surface area contributed by atoms with Crippen LogP contribution >= 0.6 is 0 Å². The molecule has 1 unspecified atom stereocenters. The molecule has 0 heterocycles. The lowest BCUT2D eigenvalue weighted by Gasteiger charge is -2.30. The van der Waals surface area contributed by atoms with Gasteiger partial charge in [-0.1, -0.05) is 26.0 Å². The minimum absolute atomic E-state index is 0.364. The number of nitrogens with zero attached hydrogens (tertiary/aromatic N) is 1. The highest BCUT2D eigenvalue weighted by atomic mass is 19.1. The number of benzene rings is 1. The molecule has 17 heavy (non-hydrogen) atoms. The van der Waals surface area contributed by atoms with Gasteiger partial charge in [0.2, 0.25) is 0 Å². The van der Waals surface area contributed by atoms with Crippen molar-refractivity contribution in [3.8, 4) is 0 Å². The molecule has 4 heteroatoms. The Morgan fingerprint density at radius 1 is 1.41 bits per heavy atom. The van der Waals surface area contributed by atoms with Gasteiger partial charge in [0.15, 0.2) is 0 Å². The monoisotopic (exact) mass is 239 g/mol. The lowest BCUT2D eigenvalue weighted by atomic mass is 10.1. The Hall–Kier alpha value is -1.58. The van der Waals surface area contributed by atoms with Gasteiger partial charge in [-0.3, -0.25) is 0 Å². The zero-order valence-electron chi connectivity index (χ0n) is 10.2. The predicted octanol–water partition coefficient (Wildman–Crippen LogP) is 2.91. The summed E-state index contributed by atoms with van der Waals surface area (Å²) in [5, 5.41) is 9.16. The normalized spacial score (nSPS) is 12.2. The zero-order valence-corrected chi connectivity index (χ0v) is 10.2. The molecule has 0 bridgehead atoms. The van der Waals surface area contributed by atoms with Crippen molar-refractivity contribution < 1.29 is 14.3 Å². The van der Waals surface area contributed by atoms with Crippen LogP contribution in [0.25, 0.3) is 0 Å². The highest BCUT2D eigenvalue weighted by Gasteiger charge is 2.25. The molecular formula is C13H18FNO2. The van der Waals surface area contributed by atoms with E-state index >= 15 is 0 Å². The van der Waals surface area contributed by atoms with E-state index in [2.05, 4.69) is 0 Å². The summed E-state index contributed by atoms with van der Waals surface area (Å²) in [5.74, 6) is -1.29. The Labute approximate surface area is 101 Å². The van der Waals surface area contributed by atoms with Gasteiger partial charge in [-0.05, 0) is 25.0 Å². The van der Waals surface area contributed by atoms with Gasteiger partial charge >= 0.3 is 5.97 Å². The van der Waals surface area contributed by atoms with Gasteiger partial charge in [-0.2, -0.15) is 0 Å². The van der Waals surface area contributed by atoms with Crippen LogP contribution in [0.5, 0.6) is 0 Å². The summed E-state index contributed by atoms with van der Waals surface area (Å²) in [4.78, 5) is 12.8. The number of para-hydroxylation sites is 1. The highest BCUT2D eigenvalue weighted by Crippen LogP contribution is 2.22. The number of aliphatic carboxylic acids is 1. The molecule has 0 fully saturated rings. The van der Waals surface area contributed by atoms with Crippen molar-refractivity contribution >= 4 is 11.7 Å². The number of hydrogen-bond donors (Lipinski definition) is 1. The molecule has 0 saturated heterocycles. The first-order valence-electron chi connectivity index (χ1n) is 5.85. The molecule has 1 atom stereocenters. The van der Waals surface area contributed by atoms with E-state index in [4.69, 9.17) is 5.11 Å². The maximum Gasteiger partial charge on any atom is 0.326 e. The number of carboxylic acids is 1. The molecule has 0 saturated carbocycles. The van der Waals surface area contributed by atoms with Gasteiger partial charge < -0.3 is 10.0 Å². The number of anilines is 1. The second-order valence-electron chi connectivity index (χ2n) is 3.91. The van der Waals surface area contributed by atoms with Crippen LogP contribution in [0.4, 0.5) is 10.1 Å². The Morgan fingerprint density at radius 3 is 2.53 bits per heavy atom. The van der Waals surface area contributed by atoms with Crippen molar-refractivity contribution in [1.29, 1.82) is 0 Å². The molecule has 0 aliphatic heterocycles. The van der Waals surface area contributed by atoms with E-state index in [1.807, 2.05) is 6.92 Å². The van der Waals surface area contributed by atoms with Gasteiger partial charge in [0.05, 0.1) is 5.69 Å². The van der Waals surface area contributed by atoms with Crippen molar-refractivity contribution in [2.24, 2.45) is 0 Å². The van der Waals surface area contributed by atoms with Crippen LogP contribution in [-0.2, 0) is 4.79 Å². The average molecular weight is 239 g/mol. The van der Waals surface area contributed by atoms with E-state index in [9.17, 15) is 9.18 Å². The Balaban J connectivity index is 3.08. The SMILES string of the molecule is CCCN(c1ccccc1F)C(CC)C(=O)O.